The highest BCUT2D eigenvalue weighted by atomic mass is 14.4. The fourth-order valence-electron chi connectivity index (χ4n) is 2.61. The van der Waals surface area contributed by atoms with Gasteiger partial charge in [-0.1, -0.05) is 67.9 Å². The molecule has 1 aliphatic carbocycles. The molecule has 0 aromatic carbocycles. The second-order valence-electron chi connectivity index (χ2n) is 8.33. The van der Waals surface area contributed by atoms with Gasteiger partial charge in [0.05, 0.1) is 0 Å². The third-order valence-corrected chi connectivity index (χ3v) is 3.40. The van der Waals surface area contributed by atoms with Gasteiger partial charge in [-0.15, -0.1) is 0 Å². The van der Waals surface area contributed by atoms with Crippen molar-refractivity contribution in [2.75, 3.05) is 0 Å². The van der Waals surface area contributed by atoms with Crippen LogP contribution in [0.4, 0.5) is 0 Å². The zero-order valence-corrected chi connectivity index (χ0v) is 13.2. The SMILES string of the molecule is CC(C)(C)C1=[C]CC(C(C)(C)C)=C1C(C)(C)C. The van der Waals surface area contributed by atoms with E-state index in [0.29, 0.717) is 0 Å². The zero-order chi connectivity index (χ0) is 13.6. The van der Waals surface area contributed by atoms with Crippen molar-refractivity contribution in [1.29, 1.82) is 0 Å². The van der Waals surface area contributed by atoms with Crippen molar-refractivity contribution >= 4 is 0 Å². The molecule has 0 aromatic rings. The van der Waals surface area contributed by atoms with E-state index in [1.165, 1.54) is 5.57 Å². The van der Waals surface area contributed by atoms with Crippen LogP contribution in [0.25, 0.3) is 0 Å². The Morgan fingerprint density at radius 1 is 0.706 bits per heavy atom. The number of rotatable bonds is 0. The molecule has 0 saturated heterocycles. The molecule has 1 aliphatic rings. The predicted octanol–water partition coefficient (Wildman–Crippen LogP) is 5.55. The van der Waals surface area contributed by atoms with Gasteiger partial charge in [0.1, 0.15) is 0 Å². The maximum absolute atomic E-state index is 3.65. The second kappa shape index (κ2) is 4.00. The smallest absolute Gasteiger partial charge is 0.00497 e. The maximum atomic E-state index is 3.65. The minimum atomic E-state index is 0.204. The summed E-state index contributed by atoms with van der Waals surface area (Å²) in [6.07, 6.45) is 4.67. The molecule has 0 unspecified atom stereocenters. The van der Waals surface area contributed by atoms with Crippen molar-refractivity contribution in [3.63, 3.8) is 0 Å². The van der Waals surface area contributed by atoms with E-state index in [0.717, 1.165) is 6.42 Å². The Morgan fingerprint density at radius 2 is 1.18 bits per heavy atom. The standard InChI is InChI=1S/C17H29/c1-15(2,3)12-10-11-13(16(4,5)6)14(12)17(7,8)9/h10H2,1-9H3. The average Bonchev–Trinajstić information content (AvgIpc) is 2.42. The van der Waals surface area contributed by atoms with Gasteiger partial charge in [0.15, 0.2) is 0 Å². The number of hydrogen-bond acceptors (Lipinski definition) is 0. The Morgan fingerprint density at radius 3 is 1.47 bits per heavy atom. The molecule has 1 radical (unpaired) electrons. The molecule has 97 valence electrons. The molecule has 0 fully saturated rings. The van der Waals surface area contributed by atoms with E-state index >= 15 is 0 Å². The second-order valence-corrected chi connectivity index (χ2v) is 8.33. The molecule has 1 rings (SSSR count). The van der Waals surface area contributed by atoms with Crippen LogP contribution in [0.5, 0.6) is 0 Å². The summed E-state index contributed by atoms with van der Waals surface area (Å²) in [5.41, 5.74) is 5.25. The summed E-state index contributed by atoms with van der Waals surface area (Å²) in [4.78, 5) is 0. The first-order chi connectivity index (χ1) is 7.35. The fourth-order valence-corrected chi connectivity index (χ4v) is 2.61. The van der Waals surface area contributed by atoms with Crippen molar-refractivity contribution in [2.24, 2.45) is 16.2 Å². The van der Waals surface area contributed by atoms with E-state index in [1.54, 1.807) is 11.1 Å². The molecule has 0 aliphatic heterocycles. The van der Waals surface area contributed by atoms with E-state index < -0.39 is 0 Å². The van der Waals surface area contributed by atoms with Crippen LogP contribution in [0.15, 0.2) is 16.7 Å². The van der Waals surface area contributed by atoms with E-state index in [9.17, 15) is 0 Å². The Bertz CT molecular complexity index is 356. The lowest BCUT2D eigenvalue weighted by atomic mass is 9.70. The van der Waals surface area contributed by atoms with Crippen molar-refractivity contribution < 1.29 is 0 Å². The summed E-state index contributed by atoms with van der Waals surface area (Å²) in [5.74, 6) is 0. The molecule has 0 atom stereocenters. The van der Waals surface area contributed by atoms with Gasteiger partial charge in [0.2, 0.25) is 0 Å². The Labute approximate surface area is 108 Å². The molecule has 17 heavy (non-hydrogen) atoms. The van der Waals surface area contributed by atoms with Crippen molar-refractivity contribution in [1.82, 2.24) is 0 Å². The van der Waals surface area contributed by atoms with Gasteiger partial charge < -0.3 is 0 Å². The van der Waals surface area contributed by atoms with Crippen LogP contribution in [0.2, 0.25) is 0 Å². The van der Waals surface area contributed by atoms with Gasteiger partial charge in [-0.3, -0.25) is 0 Å². The highest BCUT2D eigenvalue weighted by molar-refractivity contribution is 5.48. The van der Waals surface area contributed by atoms with Crippen molar-refractivity contribution in [3.8, 4) is 0 Å². The van der Waals surface area contributed by atoms with Crippen LogP contribution in [0.1, 0.15) is 68.7 Å². The highest BCUT2D eigenvalue weighted by Crippen LogP contribution is 2.50. The maximum Gasteiger partial charge on any atom is -0.00497 e. The van der Waals surface area contributed by atoms with Crippen molar-refractivity contribution in [3.05, 3.63) is 22.8 Å². The molecule has 0 spiro atoms. The van der Waals surface area contributed by atoms with Gasteiger partial charge in [-0.25, -0.2) is 0 Å². The van der Waals surface area contributed by atoms with E-state index in [1.807, 2.05) is 0 Å². The summed E-state index contributed by atoms with van der Waals surface area (Å²) in [5, 5.41) is 0. The first kappa shape index (κ1) is 14.5. The first-order valence-corrected chi connectivity index (χ1v) is 6.71. The summed E-state index contributed by atoms with van der Waals surface area (Å²) in [6, 6.07) is 0. The molecule has 0 heterocycles. The molecular formula is C17H29. The van der Waals surface area contributed by atoms with E-state index in [2.05, 4.69) is 68.4 Å². The van der Waals surface area contributed by atoms with Gasteiger partial charge in [-0.2, -0.15) is 0 Å². The third kappa shape index (κ3) is 3.03. The lowest BCUT2D eigenvalue weighted by Gasteiger charge is -2.35. The lowest BCUT2D eigenvalue weighted by molar-refractivity contribution is 0.423. The molecule has 0 aromatic heterocycles. The lowest BCUT2D eigenvalue weighted by Crippen LogP contribution is -2.22. The molecule has 0 heteroatoms. The fraction of sp³-hybridized carbons (Fsp3) is 0.765. The van der Waals surface area contributed by atoms with Crippen molar-refractivity contribution in [2.45, 2.75) is 68.7 Å². The number of allylic oxidation sites excluding steroid dienone is 4. The normalized spacial score (nSPS) is 18.8. The van der Waals surface area contributed by atoms with E-state index in [4.69, 9.17) is 0 Å². The molecular weight excluding hydrogens is 204 g/mol. The topological polar surface area (TPSA) is 0 Å². The first-order valence-electron chi connectivity index (χ1n) is 6.71. The minimum Gasteiger partial charge on any atom is -0.0564 e. The minimum absolute atomic E-state index is 0.204. The summed E-state index contributed by atoms with van der Waals surface area (Å²) < 4.78 is 0. The highest BCUT2D eigenvalue weighted by Gasteiger charge is 2.36. The summed E-state index contributed by atoms with van der Waals surface area (Å²) in [7, 11) is 0. The largest absolute Gasteiger partial charge is 0.0564 e. The van der Waals surface area contributed by atoms with Gasteiger partial charge >= 0.3 is 0 Å². The molecule has 0 N–H and O–H groups in total. The molecule has 0 nitrogen and oxygen atoms in total. The number of hydrogen-bond donors (Lipinski definition) is 0. The van der Waals surface area contributed by atoms with Crippen LogP contribution in [0, 0.1) is 22.3 Å². The van der Waals surface area contributed by atoms with E-state index in [-0.39, 0.29) is 16.2 Å². The third-order valence-electron chi connectivity index (χ3n) is 3.40. The van der Waals surface area contributed by atoms with Crippen LogP contribution >= 0.6 is 0 Å². The Kier molecular flexibility index (Phi) is 3.42. The predicted molar refractivity (Wildman–Crippen MR) is 76.8 cm³/mol. The summed E-state index contributed by atoms with van der Waals surface area (Å²) in [6.45, 7) is 20.8. The monoisotopic (exact) mass is 233 g/mol. The summed E-state index contributed by atoms with van der Waals surface area (Å²) >= 11 is 0. The van der Waals surface area contributed by atoms with Crippen LogP contribution in [-0.2, 0) is 0 Å². The molecule has 0 saturated carbocycles. The Balaban J connectivity index is 3.38. The van der Waals surface area contributed by atoms with Crippen LogP contribution in [0.3, 0.4) is 0 Å². The van der Waals surface area contributed by atoms with Crippen LogP contribution < -0.4 is 0 Å². The van der Waals surface area contributed by atoms with Gasteiger partial charge in [0, 0.05) is 0 Å². The average molecular weight is 233 g/mol. The molecule has 0 bridgehead atoms. The Hall–Kier alpha value is -0.520. The van der Waals surface area contributed by atoms with Crippen LogP contribution in [-0.4, -0.2) is 0 Å². The molecule has 0 amide bonds. The zero-order valence-electron chi connectivity index (χ0n) is 13.2. The van der Waals surface area contributed by atoms with Gasteiger partial charge in [0.25, 0.3) is 0 Å². The quantitative estimate of drug-likeness (QED) is 0.514. The van der Waals surface area contributed by atoms with Gasteiger partial charge in [-0.05, 0) is 39.9 Å².